The second kappa shape index (κ2) is 4.45. The number of alkyl halides is 3. The van der Waals surface area contributed by atoms with Crippen LogP contribution in [-0.4, -0.2) is 30.5 Å². The molecule has 2 atom stereocenters. The van der Waals surface area contributed by atoms with Crippen molar-refractivity contribution in [2.75, 3.05) is 6.61 Å². The van der Waals surface area contributed by atoms with Crippen LogP contribution in [0.1, 0.15) is 19.8 Å². The second-order valence-electron chi connectivity index (χ2n) is 3.75. The van der Waals surface area contributed by atoms with E-state index in [2.05, 4.69) is 16.1 Å². The largest absolute Gasteiger partial charge is 0.459 e. The molecule has 3 nitrogen and oxygen atoms in total. The highest BCUT2D eigenvalue weighted by atomic mass is 19.4. The van der Waals surface area contributed by atoms with Gasteiger partial charge < -0.3 is 9.47 Å². The van der Waals surface area contributed by atoms with E-state index in [1.807, 2.05) is 0 Å². The fraction of sp³-hybridized carbons (Fsp3) is 0.700. The van der Waals surface area contributed by atoms with Crippen molar-refractivity contribution in [2.24, 2.45) is 0 Å². The summed E-state index contributed by atoms with van der Waals surface area (Å²) in [6.07, 6.45) is -4.84. The van der Waals surface area contributed by atoms with Crippen LogP contribution in [0, 0.1) is 0 Å². The lowest BCUT2D eigenvalue weighted by atomic mass is 9.88. The first kappa shape index (κ1) is 13.0. The molecule has 0 spiro atoms. The van der Waals surface area contributed by atoms with E-state index >= 15 is 0 Å². The van der Waals surface area contributed by atoms with Gasteiger partial charge in [-0.05, 0) is 6.92 Å². The Morgan fingerprint density at radius 1 is 1.69 bits per heavy atom. The van der Waals surface area contributed by atoms with Gasteiger partial charge in [0.25, 0.3) is 0 Å². The third-order valence-corrected chi connectivity index (χ3v) is 2.50. The first-order valence-electron chi connectivity index (χ1n) is 4.84. The molecule has 0 aromatic carbocycles. The number of ether oxygens (including phenoxy) is 2. The molecule has 1 saturated heterocycles. The summed E-state index contributed by atoms with van der Waals surface area (Å²) in [4.78, 5) is 10.8. The fourth-order valence-corrected chi connectivity index (χ4v) is 1.60. The molecule has 0 aromatic rings. The Morgan fingerprint density at radius 3 is 2.56 bits per heavy atom. The summed E-state index contributed by atoms with van der Waals surface area (Å²) in [6, 6.07) is 0. The van der Waals surface area contributed by atoms with Gasteiger partial charge in [-0.1, -0.05) is 6.58 Å². The van der Waals surface area contributed by atoms with Crippen molar-refractivity contribution < 1.29 is 27.4 Å². The van der Waals surface area contributed by atoms with Gasteiger partial charge in [0.05, 0.1) is 6.61 Å². The summed E-state index contributed by atoms with van der Waals surface area (Å²) < 4.78 is 47.3. The highest BCUT2D eigenvalue weighted by molar-refractivity contribution is 5.81. The number of rotatable bonds is 4. The minimum absolute atomic E-state index is 0.0850. The summed E-state index contributed by atoms with van der Waals surface area (Å²) in [5.74, 6) is -0.732. The molecule has 1 aliphatic heterocycles. The quantitative estimate of drug-likeness (QED) is 0.556. The molecular weight excluding hydrogens is 225 g/mol. The van der Waals surface area contributed by atoms with Crippen molar-refractivity contribution in [1.29, 1.82) is 0 Å². The van der Waals surface area contributed by atoms with E-state index in [0.29, 0.717) is 0 Å². The lowest BCUT2D eigenvalue weighted by Crippen LogP contribution is -2.57. The number of hydrogen-bond acceptors (Lipinski definition) is 3. The summed E-state index contributed by atoms with van der Waals surface area (Å²) in [7, 11) is 0. The highest BCUT2D eigenvalue weighted by Gasteiger charge is 2.60. The van der Waals surface area contributed by atoms with Gasteiger partial charge >= 0.3 is 12.1 Å². The van der Waals surface area contributed by atoms with Crippen LogP contribution >= 0.6 is 0 Å². The van der Waals surface area contributed by atoms with E-state index in [0.717, 1.165) is 6.08 Å². The van der Waals surface area contributed by atoms with E-state index in [1.165, 1.54) is 6.92 Å². The van der Waals surface area contributed by atoms with Gasteiger partial charge in [0, 0.05) is 18.9 Å². The molecule has 1 rings (SSSR count). The van der Waals surface area contributed by atoms with Crippen molar-refractivity contribution in [2.45, 2.75) is 37.6 Å². The number of carbonyl (C=O) groups is 1. The standard InChI is InChI=1S/C10H13F3O3/c1-3-8(14)16-7(2)6-9(4-5-15-9)10(11,12)13/h3,7H,1,4-6H2,2H3. The van der Waals surface area contributed by atoms with Gasteiger partial charge in [-0.3, -0.25) is 0 Å². The molecule has 16 heavy (non-hydrogen) atoms. The van der Waals surface area contributed by atoms with Gasteiger partial charge in [0.1, 0.15) is 6.10 Å². The number of carbonyl (C=O) groups excluding carboxylic acids is 1. The number of halogens is 3. The third-order valence-electron chi connectivity index (χ3n) is 2.50. The topological polar surface area (TPSA) is 35.5 Å². The maximum atomic E-state index is 12.6. The Labute approximate surface area is 91.2 Å². The summed E-state index contributed by atoms with van der Waals surface area (Å²) in [5, 5.41) is 0. The second-order valence-corrected chi connectivity index (χ2v) is 3.75. The first-order valence-corrected chi connectivity index (χ1v) is 4.84. The number of hydrogen-bond donors (Lipinski definition) is 0. The molecule has 0 radical (unpaired) electrons. The highest BCUT2D eigenvalue weighted by Crippen LogP contribution is 2.45. The van der Waals surface area contributed by atoms with Crippen LogP contribution in [0.25, 0.3) is 0 Å². The van der Waals surface area contributed by atoms with Crippen LogP contribution in [0.2, 0.25) is 0 Å². The molecule has 1 fully saturated rings. The Hall–Kier alpha value is -1.04. The van der Waals surface area contributed by atoms with E-state index < -0.39 is 23.9 Å². The summed E-state index contributed by atoms with van der Waals surface area (Å²) in [5.41, 5.74) is -2.14. The van der Waals surface area contributed by atoms with Crippen LogP contribution in [-0.2, 0) is 14.3 Å². The monoisotopic (exact) mass is 238 g/mol. The predicted molar refractivity (Wildman–Crippen MR) is 49.7 cm³/mol. The van der Waals surface area contributed by atoms with Crippen LogP contribution < -0.4 is 0 Å². The fourth-order valence-electron chi connectivity index (χ4n) is 1.60. The smallest absolute Gasteiger partial charge is 0.417 e. The predicted octanol–water partition coefficient (Wildman–Crippen LogP) is 2.22. The molecule has 1 aliphatic rings. The van der Waals surface area contributed by atoms with Crippen LogP contribution in [0.3, 0.4) is 0 Å². The van der Waals surface area contributed by atoms with Crippen molar-refractivity contribution in [3.8, 4) is 0 Å². The van der Waals surface area contributed by atoms with Crippen molar-refractivity contribution in [1.82, 2.24) is 0 Å². The Balaban J connectivity index is 2.57. The number of esters is 1. The Morgan fingerprint density at radius 2 is 2.25 bits per heavy atom. The average molecular weight is 238 g/mol. The average Bonchev–Trinajstić information content (AvgIpc) is 2.08. The zero-order valence-corrected chi connectivity index (χ0v) is 8.84. The molecule has 0 bridgehead atoms. The molecule has 0 aliphatic carbocycles. The minimum Gasteiger partial charge on any atom is -0.459 e. The molecule has 0 N–H and O–H groups in total. The SMILES string of the molecule is C=CC(=O)OC(C)CC1(C(F)(F)F)CCO1. The van der Waals surface area contributed by atoms with Gasteiger partial charge in [-0.15, -0.1) is 0 Å². The van der Waals surface area contributed by atoms with Crippen LogP contribution in [0.15, 0.2) is 12.7 Å². The van der Waals surface area contributed by atoms with Crippen molar-refractivity contribution >= 4 is 5.97 Å². The Kier molecular flexibility index (Phi) is 3.62. The zero-order chi connectivity index (χ0) is 12.4. The molecule has 6 heteroatoms. The van der Waals surface area contributed by atoms with Gasteiger partial charge in [0.2, 0.25) is 0 Å². The first-order chi connectivity index (χ1) is 7.31. The minimum atomic E-state index is -4.43. The van der Waals surface area contributed by atoms with Crippen LogP contribution in [0.4, 0.5) is 13.2 Å². The lowest BCUT2D eigenvalue weighted by Gasteiger charge is -2.44. The lowest BCUT2D eigenvalue weighted by molar-refractivity contribution is -0.332. The molecule has 0 saturated carbocycles. The summed E-state index contributed by atoms with van der Waals surface area (Å²) >= 11 is 0. The van der Waals surface area contributed by atoms with Crippen LogP contribution in [0.5, 0.6) is 0 Å². The molecule has 2 unspecified atom stereocenters. The molecule has 92 valence electrons. The zero-order valence-electron chi connectivity index (χ0n) is 8.84. The maximum absolute atomic E-state index is 12.6. The van der Waals surface area contributed by atoms with Crippen molar-refractivity contribution in [3.63, 3.8) is 0 Å². The van der Waals surface area contributed by atoms with Crippen molar-refractivity contribution in [3.05, 3.63) is 12.7 Å². The van der Waals surface area contributed by atoms with E-state index in [4.69, 9.17) is 0 Å². The van der Waals surface area contributed by atoms with E-state index in [-0.39, 0.29) is 19.4 Å². The van der Waals surface area contributed by atoms with Gasteiger partial charge in [0.15, 0.2) is 5.60 Å². The molecule has 0 amide bonds. The van der Waals surface area contributed by atoms with Gasteiger partial charge in [-0.25, -0.2) is 4.79 Å². The molecule has 1 heterocycles. The van der Waals surface area contributed by atoms with E-state index in [1.54, 1.807) is 0 Å². The normalized spacial score (nSPS) is 26.8. The van der Waals surface area contributed by atoms with Gasteiger partial charge in [-0.2, -0.15) is 13.2 Å². The maximum Gasteiger partial charge on any atom is 0.417 e. The Bertz CT molecular complexity index is 282. The molecule has 0 aromatic heterocycles. The van der Waals surface area contributed by atoms with E-state index in [9.17, 15) is 18.0 Å². The molecular formula is C10H13F3O3. The third kappa shape index (κ3) is 2.55. The summed E-state index contributed by atoms with van der Waals surface area (Å²) in [6.45, 7) is 4.65.